The molecule has 1 rings (SSSR count). The molecule has 1 unspecified atom stereocenters. The third-order valence-electron chi connectivity index (χ3n) is 2.80. The van der Waals surface area contributed by atoms with Gasteiger partial charge in [0, 0.05) is 25.7 Å². The molecule has 98 valence electrons. The Morgan fingerprint density at radius 2 is 2.06 bits per heavy atom. The van der Waals surface area contributed by atoms with Gasteiger partial charge in [0.05, 0.1) is 18.2 Å². The van der Waals surface area contributed by atoms with Gasteiger partial charge in [0.15, 0.2) is 0 Å². The van der Waals surface area contributed by atoms with Gasteiger partial charge in [0.25, 0.3) is 0 Å². The van der Waals surface area contributed by atoms with Crippen molar-refractivity contribution in [2.45, 2.75) is 19.5 Å². The van der Waals surface area contributed by atoms with Crippen molar-refractivity contribution < 1.29 is 5.11 Å². The van der Waals surface area contributed by atoms with Gasteiger partial charge in [-0.2, -0.15) is 5.26 Å². The van der Waals surface area contributed by atoms with E-state index in [1.165, 1.54) is 5.56 Å². The first-order valence-electron chi connectivity index (χ1n) is 6.17. The summed E-state index contributed by atoms with van der Waals surface area (Å²) >= 11 is 0. The fraction of sp³-hybridized carbons (Fsp3) is 0.500. The number of nitrogens with one attached hydrogen (secondary N) is 1. The normalized spacial score (nSPS) is 12.4. The Morgan fingerprint density at radius 3 is 2.61 bits per heavy atom. The topological polar surface area (TPSA) is 59.3 Å². The van der Waals surface area contributed by atoms with Crippen LogP contribution in [0.15, 0.2) is 24.3 Å². The van der Waals surface area contributed by atoms with Gasteiger partial charge in [0.2, 0.25) is 0 Å². The van der Waals surface area contributed by atoms with E-state index >= 15 is 0 Å². The Bertz CT molecular complexity index is 383. The molecule has 0 aliphatic carbocycles. The first-order valence-corrected chi connectivity index (χ1v) is 6.17. The summed E-state index contributed by atoms with van der Waals surface area (Å²) in [4.78, 5) is 2.09. The molecule has 1 aromatic rings. The average molecular weight is 247 g/mol. The molecule has 18 heavy (non-hydrogen) atoms. The van der Waals surface area contributed by atoms with Crippen LogP contribution in [0.4, 0.5) is 0 Å². The number of aliphatic hydroxyl groups is 1. The molecule has 1 atom stereocenters. The summed E-state index contributed by atoms with van der Waals surface area (Å²) < 4.78 is 0. The lowest BCUT2D eigenvalue weighted by molar-refractivity contribution is 0.210. The van der Waals surface area contributed by atoms with Crippen molar-refractivity contribution in [1.82, 2.24) is 10.2 Å². The van der Waals surface area contributed by atoms with Gasteiger partial charge in [-0.3, -0.25) is 0 Å². The van der Waals surface area contributed by atoms with E-state index < -0.39 is 0 Å². The zero-order valence-electron chi connectivity index (χ0n) is 11.1. The molecule has 0 aliphatic rings. The molecule has 0 fully saturated rings. The standard InChI is InChI=1S/C14H21N3O/c1-12(11-17(2)7-8-18)16-10-14-5-3-13(9-15)4-6-14/h3-6,12,16,18H,7-8,10-11H2,1-2H3. The lowest BCUT2D eigenvalue weighted by Gasteiger charge is -2.21. The van der Waals surface area contributed by atoms with Crippen molar-refractivity contribution in [3.63, 3.8) is 0 Å². The quantitative estimate of drug-likeness (QED) is 0.753. The van der Waals surface area contributed by atoms with Gasteiger partial charge in [-0.05, 0) is 31.7 Å². The summed E-state index contributed by atoms with van der Waals surface area (Å²) in [6, 6.07) is 10.1. The highest BCUT2D eigenvalue weighted by molar-refractivity contribution is 5.31. The molecule has 0 amide bonds. The van der Waals surface area contributed by atoms with Crippen molar-refractivity contribution in [2.75, 3.05) is 26.7 Å². The first-order chi connectivity index (χ1) is 8.65. The molecule has 4 heteroatoms. The summed E-state index contributed by atoms with van der Waals surface area (Å²) in [6.07, 6.45) is 0. The number of benzene rings is 1. The molecule has 0 saturated heterocycles. The van der Waals surface area contributed by atoms with E-state index in [4.69, 9.17) is 10.4 Å². The minimum atomic E-state index is 0.193. The van der Waals surface area contributed by atoms with E-state index in [0.29, 0.717) is 18.2 Å². The van der Waals surface area contributed by atoms with Crippen molar-refractivity contribution in [3.8, 4) is 6.07 Å². The van der Waals surface area contributed by atoms with Crippen molar-refractivity contribution >= 4 is 0 Å². The highest BCUT2D eigenvalue weighted by atomic mass is 16.3. The molecule has 0 heterocycles. The van der Waals surface area contributed by atoms with Crippen molar-refractivity contribution in [3.05, 3.63) is 35.4 Å². The summed E-state index contributed by atoms with van der Waals surface area (Å²) in [6.45, 7) is 4.70. The van der Waals surface area contributed by atoms with Crippen molar-refractivity contribution in [2.24, 2.45) is 0 Å². The second-order valence-corrected chi connectivity index (χ2v) is 4.58. The minimum absolute atomic E-state index is 0.193. The average Bonchev–Trinajstić information content (AvgIpc) is 2.37. The van der Waals surface area contributed by atoms with Crippen molar-refractivity contribution in [1.29, 1.82) is 5.26 Å². The number of nitrogens with zero attached hydrogens (tertiary/aromatic N) is 2. The number of hydrogen-bond donors (Lipinski definition) is 2. The molecule has 0 aromatic heterocycles. The number of hydrogen-bond acceptors (Lipinski definition) is 4. The van der Waals surface area contributed by atoms with Gasteiger partial charge in [-0.1, -0.05) is 12.1 Å². The van der Waals surface area contributed by atoms with Crippen LogP contribution in [0.5, 0.6) is 0 Å². The van der Waals surface area contributed by atoms with Gasteiger partial charge in [-0.25, -0.2) is 0 Å². The monoisotopic (exact) mass is 247 g/mol. The van der Waals surface area contributed by atoms with E-state index in [0.717, 1.165) is 13.1 Å². The lowest BCUT2D eigenvalue weighted by Crippen LogP contribution is -2.38. The van der Waals surface area contributed by atoms with Crippen LogP contribution < -0.4 is 5.32 Å². The van der Waals surface area contributed by atoms with Crippen LogP contribution in [0.3, 0.4) is 0 Å². The number of aliphatic hydroxyl groups excluding tert-OH is 1. The molecular weight excluding hydrogens is 226 g/mol. The lowest BCUT2D eigenvalue weighted by atomic mass is 10.1. The summed E-state index contributed by atoms with van der Waals surface area (Å²) in [5.41, 5.74) is 1.86. The molecule has 2 N–H and O–H groups in total. The first kappa shape index (κ1) is 14.7. The van der Waals surface area contributed by atoms with Crippen LogP contribution in [-0.4, -0.2) is 42.8 Å². The highest BCUT2D eigenvalue weighted by Gasteiger charge is 2.05. The Kier molecular flexibility index (Phi) is 6.37. The van der Waals surface area contributed by atoms with Gasteiger partial charge < -0.3 is 15.3 Å². The SMILES string of the molecule is CC(CN(C)CCO)NCc1ccc(C#N)cc1. The summed E-state index contributed by atoms with van der Waals surface area (Å²) in [7, 11) is 2.00. The van der Waals surface area contributed by atoms with E-state index in [1.54, 1.807) is 0 Å². The van der Waals surface area contributed by atoms with Crippen LogP contribution in [0, 0.1) is 11.3 Å². The fourth-order valence-corrected chi connectivity index (χ4v) is 1.78. The third kappa shape index (κ3) is 5.28. The fourth-order valence-electron chi connectivity index (χ4n) is 1.78. The van der Waals surface area contributed by atoms with Crippen LogP contribution in [0.25, 0.3) is 0 Å². The third-order valence-corrected chi connectivity index (χ3v) is 2.80. The van der Waals surface area contributed by atoms with E-state index in [2.05, 4.69) is 23.2 Å². The maximum absolute atomic E-state index is 8.82. The molecule has 0 bridgehead atoms. The Morgan fingerprint density at radius 1 is 1.39 bits per heavy atom. The maximum Gasteiger partial charge on any atom is 0.0991 e. The number of nitriles is 1. The minimum Gasteiger partial charge on any atom is -0.395 e. The summed E-state index contributed by atoms with van der Waals surface area (Å²) in [5, 5.41) is 20.9. The van der Waals surface area contributed by atoms with Crippen LogP contribution >= 0.6 is 0 Å². The van der Waals surface area contributed by atoms with E-state index in [1.807, 2.05) is 31.3 Å². The van der Waals surface area contributed by atoms with Gasteiger partial charge in [-0.15, -0.1) is 0 Å². The molecular formula is C14H21N3O. The second kappa shape index (κ2) is 7.83. The molecule has 0 aliphatic heterocycles. The van der Waals surface area contributed by atoms with Gasteiger partial charge in [0.1, 0.15) is 0 Å². The van der Waals surface area contributed by atoms with Crippen LogP contribution in [-0.2, 0) is 6.54 Å². The molecule has 1 aromatic carbocycles. The maximum atomic E-state index is 8.82. The van der Waals surface area contributed by atoms with E-state index in [9.17, 15) is 0 Å². The second-order valence-electron chi connectivity index (χ2n) is 4.58. The largest absolute Gasteiger partial charge is 0.395 e. The van der Waals surface area contributed by atoms with E-state index in [-0.39, 0.29) is 6.61 Å². The smallest absolute Gasteiger partial charge is 0.0991 e. The number of rotatable bonds is 7. The zero-order chi connectivity index (χ0) is 13.4. The molecule has 4 nitrogen and oxygen atoms in total. The molecule has 0 saturated carbocycles. The molecule has 0 radical (unpaired) electrons. The Hall–Kier alpha value is -1.41. The Labute approximate surface area is 109 Å². The summed E-state index contributed by atoms with van der Waals surface area (Å²) in [5.74, 6) is 0. The molecule has 0 spiro atoms. The number of likely N-dealkylation sites (N-methyl/N-ethyl adjacent to an activating group) is 1. The Balaban J connectivity index is 2.33. The van der Waals surface area contributed by atoms with Gasteiger partial charge >= 0.3 is 0 Å². The van der Waals surface area contributed by atoms with Crippen LogP contribution in [0.1, 0.15) is 18.1 Å². The predicted octanol–water partition coefficient (Wildman–Crippen LogP) is 0.960. The zero-order valence-corrected chi connectivity index (χ0v) is 11.1. The highest BCUT2D eigenvalue weighted by Crippen LogP contribution is 2.03. The predicted molar refractivity (Wildman–Crippen MR) is 72.0 cm³/mol. The van der Waals surface area contributed by atoms with Crippen LogP contribution in [0.2, 0.25) is 0 Å².